The van der Waals surface area contributed by atoms with Crippen LogP contribution in [-0.2, 0) is 0 Å². The van der Waals surface area contributed by atoms with Gasteiger partial charge in [-0.2, -0.15) is 0 Å². The molecule has 0 atom stereocenters. The summed E-state index contributed by atoms with van der Waals surface area (Å²) in [6.45, 7) is 7.31. The Kier molecular flexibility index (Phi) is 6.48. The van der Waals surface area contributed by atoms with Crippen LogP contribution in [0.4, 0.5) is 8.78 Å². The number of nitrogens with zero attached hydrogens (tertiary/aromatic N) is 1. The molecule has 0 heterocycles. The predicted molar refractivity (Wildman–Crippen MR) is 92.3 cm³/mol. The summed E-state index contributed by atoms with van der Waals surface area (Å²) in [7, 11) is 0. The molecule has 0 fully saturated rings. The fourth-order valence-corrected chi connectivity index (χ4v) is 2.59. The zero-order chi connectivity index (χ0) is 16.7. The molecule has 23 heavy (non-hydrogen) atoms. The van der Waals surface area contributed by atoms with E-state index in [0.29, 0.717) is 0 Å². The molecule has 0 saturated heterocycles. The second-order valence-electron chi connectivity index (χ2n) is 5.45. The van der Waals surface area contributed by atoms with E-state index in [4.69, 9.17) is 0 Å². The quantitative estimate of drug-likeness (QED) is 0.685. The molecule has 0 aliphatic rings. The normalized spacial score (nSPS) is 10.8. The molecule has 122 valence electrons. The van der Waals surface area contributed by atoms with Gasteiger partial charge < -0.3 is 4.90 Å². The van der Waals surface area contributed by atoms with Gasteiger partial charge in [-0.3, -0.25) is 0 Å². The molecule has 2 rings (SSSR count). The van der Waals surface area contributed by atoms with Gasteiger partial charge in [0.1, 0.15) is 11.6 Å². The van der Waals surface area contributed by atoms with E-state index in [-0.39, 0.29) is 11.6 Å². The fourth-order valence-electron chi connectivity index (χ4n) is 2.59. The first-order valence-corrected chi connectivity index (χ1v) is 8.08. The van der Waals surface area contributed by atoms with Crippen LogP contribution >= 0.6 is 0 Å². The summed E-state index contributed by atoms with van der Waals surface area (Å²) in [6, 6.07) is 12.9. The van der Waals surface area contributed by atoms with E-state index < -0.39 is 0 Å². The molecule has 0 bridgehead atoms. The lowest BCUT2D eigenvalue weighted by Crippen LogP contribution is -2.23. The molecule has 0 saturated carbocycles. The van der Waals surface area contributed by atoms with Crippen LogP contribution < -0.4 is 0 Å². The molecular formula is C20H23F2N. The highest BCUT2D eigenvalue weighted by atomic mass is 19.1. The van der Waals surface area contributed by atoms with Crippen molar-refractivity contribution in [3.8, 4) is 0 Å². The Morgan fingerprint density at radius 3 is 1.65 bits per heavy atom. The Morgan fingerprint density at radius 1 is 0.826 bits per heavy atom. The summed E-state index contributed by atoms with van der Waals surface area (Å²) in [5.74, 6) is -0.509. The lowest BCUT2D eigenvalue weighted by Gasteiger charge is -2.17. The molecule has 2 aromatic rings. The summed E-state index contributed by atoms with van der Waals surface area (Å²) in [5, 5.41) is 0. The van der Waals surface area contributed by atoms with Crippen LogP contribution in [0.15, 0.2) is 54.6 Å². The molecule has 1 nitrogen and oxygen atoms in total. The first-order chi connectivity index (χ1) is 11.1. The van der Waals surface area contributed by atoms with E-state index in [1.165, 1.54) is 24.3 Å². The van der Waals surface area contributed by atoms with Gasteiger partial charge in [0.05, 0.1) is 0 Å². The van der Waals surface area contributed by atoms with E-state index in [0.717, 1.165) is 42.8 Å². The van der Waals surface area contributed by atoms with Crippen LogP contribution in [0.3, 0.4) is 0 Å². The smallest absolute Gasteiger partial charge is 0.123 e. The van der Waals surface area contributed by atoms with Gasteiger partial charge in [-0.05, 0) is 60.5 Å². The minimum Gasteiger partial charge on any atom is -0.304 e. The van der Waals surface area contributed by atoms with Crippen LogP contribution in [0, 0.1) is 11.6 Å². The summed E-state index contributed by atoms with van der Waals surface area (Å²) in [4.78, 5) is 2.35. The van der Waals surface area contributed by atoms with Crippen LogP contribution in [0.2, 0.25) is 0 Å². The minimum absolute atomic E-state index is 0.254. The monoisotopic (exact) mass is 315 g/mol. The first kappa shape index (κ1) is 17.4. The van der Waals surface area contributed by atoms with E-state index in [1.54, 1.807) is 24.3 Å². The number of hydrogen-bond acceptors (Lipinski definition) is 1. The zero-order valence-electron chi connectivity index (χ0n) is 13.7. The fraction of sp³-hybridized carbons (Fsp3) is 0.300. The summed E-state index contributed by atoms with van der Waals surface area (Å²) >= 11 is 0. The van der Waals surface area contributed by atoms with E-state index in [9.17, 15) is 8.78 Å². The van der Waals surface area contributed by atoms with Crippen LogP contribution in [0.5, 0.6) is 0 Å². The maximum atomic E-state index is 13.2. The molecule has 0 N–H and O–H groups in total. The first-order valence-electron chi connectivity index (χ1n) is 8.08. The molecule has 3 heteroatoms. The Morgan fingerprint density at radius 2 is 1.26 bits per heavy atom. The molecular weight excluding hydrogens is 292 g/mol. The lowest BCUT2D eigenvalue weighted by molar-refractivity contribution is 0.310. The average molecular weight is 315 g/mol. The molecule has 2 aromatic carbocycles. The van der Waals surface area contributed by atoms with Crippen molar-refractivity contribution < 1.29 is 8.78 Å². The van der Waals surface area contributed by atoms with Crippen LogP contribution in [-0.4, -0.2) is 24.5 Å². The molecule has 0 aliphatic heterocycles. The Balaban J connectivity index is 2.27. The Hall–Kier alpha value is -2.00. The average Bonchev–Trinajstić information content (AvgIpc) is 2.57. The Labute approximate surface area is 137 Å². The molecule has 0 unspecified atom stereocenters. The molecule has 0 spiro atoms. The van der Waals surface area contributed by atoms with Gasteiger partial charge in [0.25, 0.3) is 0 Å². The highest BCUT2D eigenvalue weighted by Gasteiger charge is 2.06. The van der Waals surface area contributed by atoms with Crippen molar-refractivity contribution in [3.63, 3.8) is 0 Å². The molecule has 0 amide bonds. The van der Waals surface area contributed by atoms with Gasteiger partial charge in [0.15, 0.2) is 0 Å². The van der Waals surface area contributed by atoms with Crippen molar-refractivity contribution in [2.75, 3.05) is 19.6 Å². The third kappa shape index (κ3) is 5.00. The highest BCUT2D eigenvalue weighted by Crippen LogP contribution is 2.24. The van der Waals surface area contributed by atoms with Crippen molar-refractivity contribution in [2.24, 2.45) is 0 Å². The topological polar surface area (TPSA) is 3.24 Å². The lowest BCUT2D eigenvalue weighted by atomic mass is 9.97. The van der Waals surface area contributed by atoms with Crippen molar-refractivity contribution in [1.29, 1.82) is 0 Å². The Bertz CT molecular complexity index is 578. The van der Waals surface area contributed by atoms with Crippen LogP contribution in [0.25, 0.3) is 5.57 Å². The van der Waals surface area contributed by atoms with Gasteiger partial charge in [-0.1, -0.05) is 44.2 Å². The number of halogens is 2. The maximum absolute atomic E-state index is 13.2. The summed E-state index contributed by atoms with van der Waals surface area (Å²) in [6.07, 6.45) is 3.05. The number of rotatable bonds is 7. The zero-order valence-corrected chi connectivity index (χ0v) is 13.7. The highest BCUT2D eigenvalue weighted by molar-refractivity contribution is 5.79. The summed E-state index contributed by atoms with van der Waals surface area (Å²) < 4.78 is 26.4. The maximum Gasteiger partial charge on any atom is 0.123 e. The van der Waals surface area contributed by atoms with Gasteiger partial charge >= 0.3 is 0 Å². The van der Waals surface area contributed by atoms with E-state index >= 15 is 0 Å². The van der Waals surface area contributed by atoms with Crippen molar-refractivity contribution in [1.82, 2.24) is 4.90 Å². The molecule has 0 aliphatic carbocycles. The number of hydrogen-bond donors (Lipinski definition) is 0. The molecule has 0 aromatic heterocycles. The van der Waals surface area contributed by atoms with Crippen LogP contribution in [0.1, 0.15) is 31.4 Å². The minimum atomic E-state index is -0.254. The molecule has 0 radical (unpaired) electrons. The number of benzene rings is 2. The van der Waals surface area contributed by atoms with Gasteiger partial charge in [0.2, 0.25) is 0 Å². The summed E-state index contributed by atoms with van der Waals surface area (Å²) in [5.41, 5.74) is 2.90. The second kappa shape index (κ2) is 8.59. The second-order valence-corrected chi connectivity index (χ2v) is 5.45. The third-order valence-electron chi connectivity index (χ3n) is 4.00. The largest absolute Gasteiger partial charge is 0.304 e. The van der Waals surface area contributed by atoms with Crippen molar-refractivity contribution >= 4 is 5.57 Å². The predicted octanol–water partition coefficient (Wildman–Crippen LogP) is 5.13. The van der Waals surface area contributed by atoms with Crippen molar-refractivity contribution in [3.05, 3.63) is 77.4 Å². The SMILES string of the molecule is CCN(CC)CCC=C(c1ccc(F)cc1)c1ccc(F)cc1. The van der Waals surface area contributed by atoms with Crippen molar-refractivity contribution in [2.45, 2.75) is 20.3 Å². The van der Waals surface area contributed by atoms with Gasteiger partial charge in [-0.25, -0.2) is 8.78 Å². The third-order valence-corrected chi connectivity index (χ3v) is 4.00. The van der Waals surface area contributed by atoms with E-state index in [2.05, 4.69) is 24.8 Å². The van der Waals surface area contributed by atoms with Gasteiger partial charge in [0, 0.05) is 6.54 Å². The van der Waals surface area contributed by atoms with E-state index in [1.807, 2.05) is 0 Å². The van der Waals surface area contributed by atoms with Gasteiger partial charge in [-0.15, -0.1) is 0 Å². The standard InChI is InChI=1S/C20H23F2N/c1-3-23(4-2)15-5-6-20(16-7-11-18(21)12-8-16)17-9-13-19(22)14-10-17/h6-14H,3-5,15H2,1-2H3.